The minimum Gasteiger partial charge on any atom is -0.382 e. The van der Waals surface area contributed by atoms with Gasteiger partial charge < -0.3 is 10.5 Å². The molecule has 2 N–H and O–H groups in total. The van der Waals surface area contributed by atoms with E-state index in [1.54, 1.807) is 6.20 Å². The smallest absolute Gasteiger partial charge is 0.142 e. The zero-order valence-electron chi connectivity index (χ0n) is 15.1. The average molecular weight is 374 g/mol. The maximum Gasteiger partial charge on any atom is 0.142 e. The summed E-state index contributed by atoms with van der Waals surface area (Å²) >= 11 is 6.15. The van der Waals surface area contributed by atoms with Crippen molar-refractivity contribution in [3.05, 3.63) is 29.0 Å². The van der Waals surface area contributed by atoms with Gasteiger partial charge in [0.05, 0.1) is 30.0 Å². The molecule has 2 aliphatic heterocycles. The van der Waals surface area contributed by atoms with E-state index in [1.165, 1.54) is 18.8 Å². The summed E-state index contributed by atoms with van der Waals surface area (Å²) in [5, 5.41) is 5.34. The number of hydrogen-bond acceptors (Lipinski definition) is 5. The molecule has 1 saturated carbocycles. The number of nitrogen functional groups attached to an aromatic ring is 1. The molecule has 2 aromatic heterocycles. The summed E-state index contributed by atoms with van der Waals surface area (Å²) < 4.78 is 7.53. The fraction of sp³-hybridized carbons (Fsp3) is 0.579. The molecule has 6 nitrogen and oxygen atoms in total. The largest absolute Gasteiger partial charge is 0.382 e. The van der Waals surface area contributed by atoms with E-state index in [4.69, 9.17) is 27.2 Å². The quantitative estimate of drug-likeness (QED) is 0.892. The van der Waals surface area contributed by atoms with E-state index >= 15 is 0 Å². The highest BCUT2D eigenvalue weighted by atomic mass is 35.5. The van der Waals surface area contributed by atoms with Crippen molar-refractivity contribution in [1.29, 1.82) is 0 Å². The fourth-order valence-corrected chi connectivity index (χ4v) is 4.70. The van der Waals surface area contributed by atoms with Gasteiger partial charge in [-0.15, -0.1) is 0 Å². The van der Waals surface area contributed by atoms with Crippen molar-refractivity contribution in [2.24, 2.45) is 11.8 Å². The third-order valence-corrected chi connectivity index (χ3v) is 6.42. The zero-order valence-corrected chi connectivity index (χ0v) is 15.9. The van der Waals surface area contributed by atoms with Crippen LogP contribution in [0, 0.1) is 11.8 Å². The molecule has 26 heavy (non-hydrogen) atoms. The van der Waals surface area contributed by atoms with Gasteiger partial charge in [0.2, 0.25) is 0 Å². The first-order chi connectivity index (χ1) is 12.5. The van der Waals surface area contributed by atoms with Gasteiger partial charge in [-0.25, -0.2) is 4.98 Å². The van der Waals surface area contributed by atoms with Gasteiger partial charge in [0, 0.05) is 42.5 Å². The molecule has 2 aromatic rings. The Morgan fingerprint density at radius 3 is 2.54 bits per heavy atom. The van der Waals surface area contributed by atoms with Crippen LogP contribution in [0.15, 0.2) is 18.3 Å². The Morgan fingerprint density at radius 2 is 1.96 bits per heavy atom. The number of aromatic nitrogens is 3. The number of nitrogens with zero attached hydrogens (tertiary/aromatic N) is 4. The summed E-state index contributed by atoms with van der Waals surface area (Å²) in [5.74, 6) is 2.49. The van der Waals surface area contributed by atoms with Crippen molar-refractivity contribution >= 4 is 17.4 Å². The Kier molecular flexibility index (Phi) is 3.78. The monoisotopic (exact) mass is 373 g/mol. The second kappa shape index (κ2) is 5.94. The van der Waals surface area contributed by atoms with Crippen LogP contribution in [-0.4, -0.2) is 52.0 Å². The van der Waals surface area contributed by atoms with E-state index in [2.05, 4.69) is 34.5 Å². The van der Waals surface area contributed by atoms with E-state index in [0.717, 1.165) is 36.3 Å². The van der Waals surface area contributed by atoms with Crippen LogP contribution < -0.4 is 5.73 Å². The van der Waals surface area contributed by atoms with Gasteiger partial charge in [-0.05, 0) is 37.8 Å². The zero-order chi connectivity index (χ0) is 18.0. The van der Waals surface area contributed by atoms with Crippen LogP contribution in [0.5, 0.6) is 0 Å². The summed E-state index contributed by atoms with van der Waals surface area (Å²) in [7, 11) is 0. The molecule has 3 fully saturated rings. The van der Waals surface area contributed by atoms with Gasteiger partial charge in [-0.3, -0.25) is 9.58 Å². The first kappa shape index (κ1) is 16.5. The van der Waals surface area contributed by atoms with Crippen molar-refractivity contribution in [2.75, 3.05) is 32.0 Å². The number of rotatable bonds is 4. The van der Waals surface area contributed by atoms with Crippen LogP contribution in [0.25, 0.3) is 11.3 Å². The van der Waals surface area contributed by atoms with Crippen molar-refractivity contribution < 1.29 is 4.74 Å². The van der Waals surface area contributed by atoms with E-state index < -0.39 is 0 Å². The number of ether oxygens (including phenoxy) is 1. The van der Waals surface area contributed by atoms with E-state index in [1.807, 2.05) is 6.07 Å². The minimum atomic E-state index is 0.327. The van der Waals surface area contributed by atoms with E-state index in [0.29, 0.717) is 28.8 Å². The molecular formula is C19H24ClN5O. The van der Waals surface area contributed by atoms with Gasteiger partial charge in [0.25, 0.3) is 0 Å². The SMILES string of the molecule is CC(C)n1nc(-c2cnc(N)c(Cl)c2)cc1[C@@H]1[C@@H]2CN(C3COC3)C[C@@H]21. The highest BCUT2D eigenvalue weighted by Crippen LogP contribution is 2.59. The van der Waals surface area contributed by atoms with Crippen molar-refractivity contribution in [1.82, 2.24) is 19.7 Å². The fourth-order valence-electron chi connectivity index (χ4n) is 4.53. The lowest BCUT2D eigenvalue weighted by Crippen LogP contribution is -2.48. The molecule has 1 aliphatic carbocycles. The number of hydrogen-bond donors (Lipinski definition) is 1. The molecule has 4 heterocycles. The first-order valence-corrected chi connectivity index (χ1v) is 9.73. The van der Waals surface area contributed by atoms with Crippen molar-refractivity contribution in [3.8, 4) is 11.3 Å². The summed E-state index contributed by atoms with van der Waals surface area (Å²) in [5.41, 5.74) is 8.94. The van der Waals surface area contributed by atoms with Crippen LogP contribution in [0.4, 0.5) is 5.82 Å². The molecule has 0 aromatic carbocycles. The molecule has 138 valence electrons. The Labute approximate surface area is 158 Å². The summed E-state index contributed by atoms with van der Waals surface area (Å²) in [4.78, 5) is 6.79. The highest BCUT2D eigenvalue weighted by molar-refractivity contribution is 6.33. The van der Waals surface area contributed by atoms with Gasteiger partial charge in [-0.2, -0.15) is 5.10 Å². The normalized spacial score (nSPS) is 28.4. The molecule has 0 spiro atoms. The molecular weight excluding hydrogens is 350 g/mol. The molecule has 3 aliphatic rings. The number of fused-ring (bicyclic) bond motifs is 1. The summed E-state index contributed by atoms with van der Waals surface area (Å²) in [6, 6.07) is 5.06. The lowest BCUT2D eigenvalue weighted by Gasteiger charge is -2.35. The molecule has 0 amide bonds. The van der Waals surface area contributed by atoms with Crippen LogP contribution in [0.2, 0.25) is 5.02 Å². The van der Waals surface area contributed by atoms with Crippen LogP contribution in [0.3, 0.4) is 0 Å². The van der Waals surface area contributed by atoms with Crippen LogP contribution >= 0.6 is 11.6 Å². The molecule has 0 bridgehead atoms. The maximum absolute atomic E-state index is 6.15. The molecule has 2 saturated heterocycles. The van der Waals surface area contributed by atoms with Gasteiger partial charge >= 0.3 is 0 Å². The molecule has 3 atom stereocenters. The van der Waals surface area contributed by atoms with Gasteiger partial charge in [0.1, 0.15) is 5.82 Å². The number of pyridine rings is 1. The molecule has 5 rings (SSSR count). The Morgan fingerprint density at radius 1 is 1.23 bits per heavy atom. The van der Waals surface area contributed by atoms with Crippen molar-refractivity contribution in [3.63, 3.8) is 0 Å². The number of nitrogens with two attached hydrogens (primary N) is 1. The summed E-state index contributed by atoms with van der Waals surface area (Å²) in [6.07, 6.45) is 1.75. The van der Waals surface area contributed by atoms with Gasteiger partial charge in [0.15, 0.2) is 0 Å². The Hall–Kier alpha value is -1.63. The van der Waals surface area contributed by atoms with Crippen molar-refractivity contribution in [2.45, 2.75) is 31.8 Å². The molecule has 0 radical (unpaired) electrons. The third kappa shape index (κ3) is 2.54. The molecule has 0 unspecified atom stereocenters. The highest BCUT2D eigenvalue weighted by Gasteiger charge is 2.58. The van der Waals surface area contributed by atoms with E-state index in [9.17, 15) is 0 Å². The van der Waals surface area contributed by atoms with Crippen LogP contribution in [0.1, 0.15) is 31.5 Å². The van der Waals surface area contributed by atoms with Crippen LogP contribution in [-0.2, 0) is 4.74 Å². The minimum absolute atomic E-state index is 0.327. The second-order valence-corrected chi connectivity index (χ2v) is 8.49. The standard InChI is InChI=1S/C19H24ClN5O/c1-10(2)25-17(4-16(23-25)11-3-15(20)19(21)22-5-11)18-13-6-24(7-14(13)18)12-8-26-9-12/h3-5,10,12-14,18H,6-9H2,1-2H3,(H2,21,22)/t13-,14+,18-. The number of likely N-dealkylation sites (tertiary alicyclic amines) is 1. The Balaban J connectivity index is 1.41. The third-order valence-electron chi connectivity index (χ3n) is 6.12. The number of piperidine rings is 1. The second-order valence-electron chi connectivity index (χ2n) is 8.08. The predicted molar refractivity (Wildman–Crippen MR) is 101 cm³/mol. The van der Waals surface area contributed by atoms with E-state index in [-0.39, 0.29) is 0 Å². The maximum atomic E-state index is 6.15. The number of halogens is 1. The first-order valence-electron chi connectivity index (χ1n) is 9.35. The summed E-state index contributed by atoms with van der Waals surface area (Å²) in [6.45, 7) is 8.57. The Bertz CT molecular complexity index is 834. The lowest BCUT2D eigenvalue weighted by atomic mass is 10.1. The average Bonchev–Trinajstić information content (AvgIpc) is 2.94. The van der Waals surface area contributed by atoms with Gasteiger partial charge in [-0.1, -0.05) is 11.6 Å². The topological polar surface area (TPSA) is 69.2 Å². The number of anilines is 1. The molecule has 7 heteroatoms. The predicted octanol–water partition coefficient (Wildman–Crippen LogP) is 2.81. The lowest BCUT2D eigenvalue weighted by molar-refractivity contribution is -0.0610.